The molecule has 1 atom stereocenters. The van der Waals surface area contributed by atoms with Gasteiger partial charge < -0.3 is 16.4 Å². The number of carbonyl (C=O) groups excluding carboxylic acids is 3. The molecule has 0 bridgehead atoms. The molecule has 0 fully saturated rings. The molecule has 0 radical (unpaired) electrons. The van der Waals surface area contributed by atoms with E-state index in [2.05, 4.69) is 10.6 Å². The maximum Gasteiger partial charge on any atom is 0.253 e. The molecule has 0 spiro atoms. The summed E-state index contributed by atoms with van der Waals surface area (Å²) in [6.07, 6.45) is 0.470. The Hall–Kier alpha value is -3.97. The minimum atomic E-state index is -0.560. The van der Waals surface area contributed by atoms with Crippen LogP contribution in [0.1, 0.15) is 27.0 Å². The summed E-state index contributed by atoms with van der Waals surface area (Å²) in [5.74, 6) is -1.06. The lowest BCUT2D eigenvalue weighted by Gasteiger charge is -2.34. The van der Waals surface area contributed by atoms with Crippen LogP contribution in [0.4, 0.5) is 5.69 Å². The number of para-hydroxylation sites is 1. The predicted molar refractivity (Wildman–Crippen MR) is 126 cm³/mol. The summed E-state index contributed by atoms with van der Waals surface area (Å²) in [6, 6.07) is 23.7. The van der Waals surface area contributed by atoms with Gasteiger partial charge in [-0.1, -0.05) is 66.7 Å². The number of nitrogens with two attached hydrogens (primary N) is 1. The van der Waals surface area contributed by atoms with Gasteiger partial charge in [-0.15, -0.1) is 0 Å². The molecular weight excluding hydrogens is 416 g/mol. The Morgan fingerprint density at radius 1 is 0.879 bits per heavy atom. The first-order chi connectivity index (χ1) is 16.0. The van der Waals surface area contributed by atoms with Crippen molar-refractivity contribution in [3.05, 3.63) is 101 Å². The van der Waals surface area contributed by atoms with Crippen molar-refractivity contribution in [3.63, 3.8) is 0 Å². The average molecular weight is 443 g/mol. The van der Waals surface area contributed by atoms with Crippen LogP contribution in [0.2, 0.25) is 0 Å². The highest BCUT2D eigenvalue weighted by atomic mass is 16.2. The van der Waals surface area contributed by atoms with Crippen molar-refractivity contribution < 1.29 is 14.4 Å². The normalized spacial score (nSPS) is 15.3. The zero-order valence-corrected chi connectivity index (χ0v) is 18.2. The van der Waals surface area contributed by atoms with Crippen molar-refractivity contribution >= 4 is 23.4 Å². The van der Waals surface area contributed by atoms with Crippen LogP contribution >= 0.6 is 0 Å². The third-order valence-corrected chi connectivity index (χ3v) is 5.76. The quantitative estimate of drug-likeness (QED) is 0.523. The van der Waals surface area contributed by atoms with Gasteiger partial charge in [0.15, 0.2) is 0 Å². The number of primary amides is 1. The van der Waals surface area contributed by atoms with Crippen LogP contribution in [0.3, 0.4) is 0 Å². The van der Waals surface area contributed by atoms with Gasteiger partial charge in [0.1, 0.15) is 0 Å². The number of hydrogen-bond acceptors (Lipinski definition) is 4. The first-order valence-electron chi connectivity index (χ1n) is 10.8. The highest BCUT2D eigenvalue weighted by Crippen LogP contribution is 2.23. The highest BCUT2D eigenvalue weighted by molar-refractivity contribution is 6.04. The fourth-order valence-corrected chi connectivity index (χ4v) is 4.06. The van der Waals surface area contributed by atoms with Crippen LogP contribution < -0.4 is 16.4 Å². The van der Waals surface area contributed by atoms with Gasteiger partial charge in [0.05, 0.1) is 23.8 Å². The summed E-state index contributed by atoms with van der Waals surface area (Å²) < 4.78 is 0. The van der Waals surface area contributed by atoms with E-state index in [1.165, 1.54) is 0 Å². The molecule has 3 aromatic rings. The van der Waals surface area contributed by atoms with Crippen molar-refractivity contribution in [2.24, 2.45) is 5.73 Å². The zero-order valence-electron chi connectivity index (χ0n) is 18.2. The molecule has 7 heteroatoms. The summed E-state index contributed by atoms with van der Waals surface area (Å²) in [5, 5.41) is 5.71. The number of hydrogen-bond donors (Lipinski definition) is 3. The first-order valence-corrected chi connectivity index (χ1v) is 10.8. The van der Waals surface area contributed by atoms with Crippen LogP contribution in [0.25, 0.3) is 0 Å². The fraction of sp³-hybridized carbons (Fsp3) is 0.192. The minimum Gasteiger partial charge on any atom is -0.368 e. The van der Waals surface area contributed by atoms with Gasteiger partial charge in [0, 0.05) is 13.1 Å². The Balaban J connectivity index is 1.43. The third kappa shape index (κ3) is 5.45. The topological polar surface area (TPSA) is 105 Å². The van der Waals surface area contributed by atoms with Crippen molar-refractivity contribution in [2.75, 3.05) is 11.9 Å². The molecule has 3 amide bonds. The molecule has 3 aromatic carbocycles. The molecule has 1 aliphatic heterocycles. The second-order valence-electron chi connectivity index (χ2n) is 8.06. The maximum absolute atomic E-state index is 12.9. The van der Waals surface area contributed by atoms with Crippen LogP contribution in [-0.4, -0.2) is 35.2 Å². The van der Waals surface area contributed by atoms with Gasteiger partial charge in [-0.05, 0) is 35.2 Å². The van der Waals surface area contributed by atoms with Gasteiger partial charge in [0.25, 0.3) is 5.91 Å². The Bertz CT molecular complexity index is 1160. The standard InChI is InChI=1S/C26H26N4O3/c27-25(32)23-14-19-10-4-5-11-20(19)16-30(23)17-24(31)29-22-13-7-6-12-21(22)26(33)28-15-18-8-2-1-3-9-18/h1-13,23H,14-17H2,(H2,27,32)(H,28,33)(H,29,31). The number of nitrogens with one attached hydrogen (secondary N) is 2. The molecule has 0 saturated heterocycles. The molecular formula is C26H26N4O3. The van der Waals surface area contributed by atoms with Crippen molar-refractivity contribution in [1.29, 1.82) is 0 Å². The Morgan fingerprint density at radius 3 is 2.30 bits per heavy atom. The van der Waals surface area contributed by atoms with E-state index in [0.717, 1.165) is 16.7 Å². The molecule has 1 heterocycles. The summed E-state index contributed by atoms with van der Waals surface area (Å²) in [4.78, 5) is 39.5. The fourth-order valence-electron chi connectivity index (χ4n) is 4.06. The van der Waals surface area contributed by atoms with E-state index in [1.807, 2.05) is 54.6 Å². The summed E-state index contributed by atoms with van der Waals surface area (Å²) in [7, 11) is 0. The van der Waals surface area contributed by atoms with Crippen LogP contribution in [0, 0.1) is 0 Å². The number of carbonyl (C=O) groups is 3. The first kappa shape index (κ1) is 22.2. The second kappa shape index (κ2) is 10.1. The summed E-state index contributed by atoms with van der Waals surface area (Å²) >= 11 is 0. The maximum atomic E-state index is 12.9. The summed E-state index contributed by atoms with van der Waals surface area (Å²) in [6.45, 7) is 0.827. The molecule has 7 nitrogen and oxygen atoms in total. The van der Waals surface area contributed by atoms with E-state index in [0.29, 0.717) is 30.8 Å². The second-order valence-corrected chi connectivity index (χ2v) is 8.06. The van der Waals surface area contributed by atoms with Gasteiger partial charge in [-0.3, -0.25) is 19.3 Å². The molecule has 4 N–H and O–H groups in total. The number of anilines is 1. The molecule has 168 valence electrons. The van der Waals surface area contributed by atoms with Crippen LogP contribution in [-0.2, 0) is 29.1 Å². The lowest BCUT2D eigenvalue weighted by atomic mass is 9.93. The number of fused-ring (bicyclic) bond motifs is 1. The van der Waals surface area contributed by atoms with Crippen molar-refractivity contribution in [1.82, 2.24) is 10.2 Å². The van der Waals surface area contributed by atoms with E-state index >= 15 is 0 Å². The Kier molecular flexibility index (Phi) is 6.80. The molecule has 33 heavy (non-hydrogen) atoms. The van der Waals surface area contributed by atoms with Crippen molar-refractivity contribution in [3.8, 4) is 0 Å². The Morgan fingerprint density at radius 2 is 1.55 bits per heavy atom. The van der Waals surface area contributed by atoms with Gasteiger partial charge in [-0.25, -0.2) is 0 Å². The van der Waals surface area contributed by atoms with E-state index in [-0.39, 0.29) is 18.4 Å². The molecule has 0 aromatic heterocycles. The number of benzene rings is 3. The minimum absolute atomic E-state index is 0.0120. The number of nitrogens with zero attached hydrogens (tertiary/aromatic N) is 1. The van der Waals surface area contributed by atoms with E-state index in [1.54, 1.807) is 29.2 Å². The van der Waals surface area contributed by atoms with Gasteiger partial charge in [0.2, 0.25) is 11.8 Å². The van der Waals surface area contributed by atoms with E-state index < -0.39 is 11.9 Å². The smallest absolute Gasteiger partial charge is 0.253 e. The van der Waals surface area contributed by atoms with E-state index in [4.69, 9.17) is 5.73 Å². The highest BCUT2D eigenvalue weighted by Gasteiger charge is 2.31. The van der Waals surface area contributed by atoms with Crippen LogP contribution in [0.15, 0.2) is 78.9 Å². The Labute approximate surface area is 192 Å². The number of amides is 3. The molecule has 0 aliphatic carbocycles. The summed E-state index contributed by atoms with van der Waals surface area (Å²) in [5.41, 5.74) is 9.54. The largest absolute Gasteiger partial charge is 0.368 e. The molecule has 4 rings (SSSR count). The van der Waals surface area contributed by atoms with E-state index in [9.17, 15) is 14.4 Å². The lowest BCUT2D eigenvalue weighted by Crippen LogP contribution is -2.51. The number of rotatable bonds is 7. The van der Waals surface area contributed by atoms with Crippen LogP contribution in [0.5, 0.6) is 0 Å². The monoisotopic (exact) mass is 442 g/mol. The zero-order chi connectivity index (χ0) is 23.2. The molecule has 1 aliphatic rings. The lowest BCUT2D eigenvalue weighted by molar-refractivity contribution is -0.125. The molecule has 0 saturated carbocycles. The van der Waals surface area contributed by atoms with Gasteiger partial charge >= 0.3 is 0 Å². The SMILES string of the molecule is NC(=O)C1Cc2ccccc2CN1CC(=O)Nc1ccccc1C(=O)NCc1ccccc1. The third-order valence-electron chi connectivity index (χ3n) is 5.76. The van der Waals surface area contributed by atoms with Gasteiger partial charge in [-0.2, -0.15) is 0 Å². The molecule has 1 unspecified atom stereocenters. The van der Waals surface area contributed by atoms with Crippen molar-refractivity contribution in [2.45, 2.75) is 25.6 Å². The average Bonchev–Trinajstić information content (AvgIpc) is 2.83. The predicted octanol–water partition coefficient (Wildman–Crippen LogP) is 2.47.